The summed E-state index contributed by atoms with van der Waals surface area (Å²) in [5.74, 6) is 0.515. The zero-order chi connectivity index (χ0) is 18.0. The lowest BCUT2D eigenvalue weighted by molar-refractivity contribution is -0.122. The molecule has 0 bridgehead atoms. The average Bonchev–Trinajstić information content (AvgIpc) is 2.94. The molecule has 1 atom stereocenters. The molecule has 1 aromatic heterocycles. The van der Waals surface area contributed by atoms with Gasteiger partial charge in [-0.05, 0) is 30.4 Å². The molecule has 0 unspecified atom stereocenters. The normalized spacial score (nSPS) is 16.8. The number of Topliss-reactive ketones (excluding diaryl/α,β-unsaturated/α-hetero) is 1. The standard InChI is InChI=1S/C19H22N2O3S/c1-4-15(24-12-8-6-5-7-9-12)17(23)21-18-20-13-10-19(2,3)11-14(22)16(13)25-18/h5-9,15H,4,10-11H2,1-3H3,(H,20,21,23)/t15-/m0/s1. The Morgan fingerprint density at radius 2 is 2.04 bits per heavy atom. The molecule has 0 fully saturated rings. The van der Waals surface area contributed by atoms with Crippen molar-refractivity contribution >= 4 is 28.2 Å². The van der Waals surface area contributed by atoms with E-state index in [1.165, 1.54) is 11.3 Å². The summed E-state index contributed by atoms with van der Waals surface area (Å²) in [4.78, 5) is 29.9. The molecular weight excluding hydrogens is 336 g/mol. The van der Waals surface area contributed by atoms with Crippen LogP contribution in [-0.2, 0) is 11.2 Å². The summed E-state index contributed by atoms with van der Waals surface area (Å²) >= 11 is 1.26. The summed E-state index contributed by atoms with van der Waals surface area (Å²) in [5.41, 5.74) is 0.709. The van der Waals surface area contributed by atoms with Crippen LogP contribution >= 0.6 is 11.3 Å². The summed E-state index contributed by atoms with van der Waals surface area (Å²) in [6.45, 7) is 6.02. The van der Waals surface area contributed by atoms with Crippen LogP contribution in [0, 0.1) is 5.41 Å². The van der Waals surface area contributed by atoms with Gasteiger partial charge < -0.3 is 4.74 Å². The predicted octanol–water partition coefficient (Wildman–Crippen LogP) is 4.09. The summed E-state index contributed by atoms with van der Waals surface area (Å²) in [6.07, 6.45) is 1.20. The topological polar surface area (TPSA) is 68.3 Å². The number of benzene rings is 1. The van der Waals surface area contributed by atoms with Gasteiger partial charge in [0.2, 0.25) is 0 Å². The van der Waals surface area contributed by atoms with Crippen molar-refractivity contribution in [2.75, 3.05) is 5.32 Å². The number of rotatable bonds is 5. The van der Waals surface area contributed by atoms with E-state index in [0.717, 1.165) is 12.1 Å². The van der Waals surface area contributed by atoms with Crippen molar-refractivity contribution in [2.45, 2.75) is 46.1 Å². The van der Waals surface area contributed by atoms with Crippen LogP contribution in [-0.4, -0.2) is 22.8 Å². The molecule has 1 amide bonds. The molecule has 1 heterocycles. The van der Waals surface area contributed by atoms with Gasteiger partial charge in [-0.25, -0.2) is 4.98 Å². The maximum absolute atomic E-state index is 12.5. The fourth-order valence-corrected chi connectivity index (χ4v) is 3.87. The lowest BCUT2D eigenvalue weighted by Gasteiger charge is -2.26. The van der Waals surface area contributed by atoms with Gasteiger partial charge >= 0.3 is 0 Å². The van der Waals surface area contributed by atoms with Gasteiger partial charge in [-0.3, -0.25) is 14.9 Å². The number of fused-ring (bicyclic) bond motifs is 1. The van der Waals surface area contributed by atoms with Crippen LogP contribution in [0.1, 0.15) is 49.0 Å². The molecule has 1 aromatic carbocycles. The highest BCUT2D eigenvalue weighted by atomic mass is 32.1. The van der Waals surface area contributed by atoms with Crippen molar-refractivity contribution in [1.82, 2.24) is 4.98 Å². The molecule has 1 aliphatic rings. The minimum absolute atomic E-state index is 0.0815. The first kappa shape index (κ1) is 17.6. The molecule has 0 radical (unpaired) electrons. The second-order valence-electron chi connectivity index (χ2n) is 7.05. The molecule has 0 saturated carbocycles. The number of hydrogen-bond donors (Lipinski definition) is 1. The molecule has 0 saturated heterocycles. The van der Waals surface area contributed by atoms with Crippen LogP contribution in [0.4, 0.5) is 5.13 Å². The number of para-hydroxylation sites is 1. The number of amides is 1. The smallest absolute Gasteiger partial charge is 0.267 e. The van der Waals surface area contributed by atoms with E-state index in [4.69, 9.17) is 4.74 Å². The van der Waals surface area contributed by atoms with Gasteiger partial charge in [0.1, 0.15) is 5.75 Å². The van der Waals surface area contributed by atoms with Crippen molar-refractivity contribution in [3.8, 4) is 5.75 Å². The van der Waals surface area contributed by atoms with Gasteiger partial charge in [-0.1, -0.05) is 50.3 Å². The van der Waals surface area contributed by atoms with E-state index >= 15 is 0 Å². The number of hydrogen-bond acceptors (Lipinski definition) is 5. The predicted molar refractivity (Wildman–Crippen MR) is 98.3 cm³/mol. The molecule has 2 aromatic rings. The first-order valence-electron chi connectivity index (χ1n) is 8.43. The zero-order valence-electron chi connectivity index (χ0n) is 14.7. The van der Waals surface area contributed by atoms with Crippen molar-refractivity contribution in [3.05, 3.63) is 40.9 Å². The van der Waals surface area contributed by atoms with Crippen molar-refractivity contribution in [3.63, 3.8) is 0 Å². The van der Waals surface area contributed by atoms with Crippen LogP contribution in [0.3, 0.4) is 0 Å². The maximum atomic E-state index is 12.5. The minimum Gasteiger partial charge on any atom is -0.481 e. The van der Waals surface area contributed by atoms with E-state index in [1.807, 2.05) is 37.3 Å². The Balaban J connectivity index is 1.71. The SMILES string of the molecule is CC[C@H](Oc1ccccc1)C(=O)Nc1nc2c(s1)C(=O)CC(C)(C)C2. The fourth-order valence-electron chi connectivity index (χ4n) is 2.95. The molecule has 0 spiro atoms. The maximum Gasteiger partial charge on any atom is 0.267 e. The number of thiazole rings is 1. The third kappa shape index (κ3) is 4.07. The quantitative estimate of drug-likeness (QED) is 0.874. The molecule has 5 nitrogen and oxygen atoms in total. The molecule has 1 aliphatic carbocycles. The van der Waals surface area contributed by atoms with E-state index in [1.54, 1.807) is 0 Å². The first-order chi connectivity index (χ1) is 11.9. The molecule has 25 heavy (non-hydrogen) atoms. The molecule has 132 valence electrons. The Labute approximate surface area is 151 Å². The lowest BCUT2D eigenvalue weighted by Crippen LogP contribution is -2.32. The van der Waals surface area contributed by atoms with Gasteiger partial charge in [0.15, 0.2) is 17.0 Å². The Kier molecular flexibility index (Phi) is 4.90. The number of ketones is 1. The minimum atomic E-state index is -0.601. The lowest BCUT2D eigenvalue weighted by atomic mass is 9.78. The first-order valence-corrected chi connectivity index (χ1v) is 9.25. The third-order valence-corrected chi connectivity index (χ3v) is 5.20. The van der Waals surface area contributed by atoms with Crippen molar-refractivity contribution in [2.24, 2.45) is 5.41 Å². The van der Waals surface area contributed by atoms with Crippen LogP contribution in [0.25, 0.3) is 0 Å². The van der Waals surface area contributed by atoms with Gasteiger partial charge in [0.05, 0.1) is 10.6 Å². The number of carbonyl (C=O) groups is 2. The highest BCUT2D eigenvalue weighted by Crippen LogP contribution is 2.38. The average molecular weight is 358 g/mol. The summed E-state index contributed by atoms with van der Waals surface area (Å²) in [5, 5.41) is 3.28. The second-order valence-corrected chi connectivity index (χ2v) is 8.05. The Morgan fingerprint density at radius 3 is 2.72 bits per heavy atom. The number of nitrogens with zero attached hydrogens (tertiary/aromatic N) is 1. The number of ether oxygens (including phenoxy) is 1. The van der Waals surface area contributed by atoms with E-state index in [0.29, 0.717) is 28.6 Å². The van der Waals surface area contributed by atoms with E-state index in [2.05, 4.69) is 24.1 Å². The largest absolute Gasteiger partial charge is 0.481 e. The second kappa shape index (κ2) is 6.96. The van der Waals surface area contributed by atoms with Crippen LogP contribution in [0.2, 0.25) is 0 Å². The van der Waals surface area contributed by atoms with Gasteiger partial charge in [-0.2, -0.15) is 0 Å². The third-order valence-electron chi connectivity index (χ3n) is 4.15. The van der Waals surface area contributed by atoms with Crippen LogP contribution in [0.5, 0.6) is 5.75 Å². The van der Waals surface area contributed by atoms with Crippen molar-refractivity contribution in [1.29, 1.82) is 0 Å². The van der Waals surface area contributed by atoms with E-state index in [-0.39, 0.29) is 17.1 Å². The zero-order valence-corrected chi connectivity index (χ0v) is 15.5. The molecule has 3 rings (SSSR count). The highest BCUT2D eigenvalue weighted by Gasteiger charge is 2.34. The highest BCUT2D eigenvalue weighted by molar-refractivity contribution is 7.17. The molecule has 1 N–H and O–H groups in total. The van der Waals surface area contributed by atoms with Crippen molar-refractivity contribution < 1.29 is 14.3 Å². The fraction of sp³-hybridized carbons (Fsp3) is 0.421. The number of carbonyl (C=O) groups excluding carboxylic acids is 2. The van der Waals surface area contributed by atoms with Gasteiger partial charge in [0.25, 0.3) is 5.91 Å². The van der Waals surface area contributed by atoms with Crippen LogP contribution < -0.4 is 10.1 Å². The number of anilines is 1. The summed E-state index contributed by atoms with van der Waals surface area (Å²) in [7, 11) is 0. The van der Waals surface area contributed by atoms with Gasteiger partial charge in [0, 0.05) is 6.42 Å². The molecular formula is C19H22N2O3S. The summed E-state index contributed by atoms with van der Waals surface area (Å²) < 4.78 is 5.75. The molecule has 6 heteroatoms. The van der Waals surface area contributed by atoms with E-state index in [9.17, 15) is 9.59 Å². The Bertz CT molecular complexity index is 783. The van der Waals surface area contributed by atoms with Gasteiger partial charge in [-0.15, -0.1) is 0 Å². The number of aromatic nitrogens is 1. The molecule has 0 aliphatic heterocycles. The summed E-state index contributed by atoms with van der Waals surface area (Å²) in [6, 6.07) is 9.26. The monoisotopic (exact) mass is 358 g/mol. The number of nitrogens with one attached hydrogen (secondary N) is 1. The Hall–Kier alpha value is -2.21. The Morgan fingerprint density at radius 1 is 1.32 bits per heavy atom. The van der Waals surface area contributed by atoms with E-state index < -0.39 is 6.10 Å². The van der Waals surface area contributed by atoms with Crippen LogP contribution in [0.15, 0.2) is 30.3 Å².